The van der Waals surface area contributed by atoms with Gasteiger partial charge in [-0.25, -0.2) is 4.79 Å². The number of aromatic nitrogens is 1. The molecule has 8 nitrogen and oxygen atoms in total. The van der Waals surface area contributed by atoms with Gasteiger partial charge in [0, 0.05) is 37.6 Å². The van der Waals surface area contributed by atoms with E-state index in [9.17, 15) is 14.9 Å². The van der Waals surface area contributed by atoms with Crippen molar-refractivity contribution in [2.45, 2.75) is 6.54 Å². The van der Waals surface area contributed by atoms with E-state index in [0.717, 1.165) is 11.6 Å². The van der Waals surface area contributed by atoms with Gasteiger partial charge in [0.15, 0.2) is 0 Å². The van der Waals surface area contributed by atoms with E-state index in [1.807, 2.05) is 6.07 Å². The molecule has 126 valence electrons. The van der Waals surface area contributed by atoms with Crippen molar-refractivity contribution in [2.24, 2.45) is 0 Å². The van der Waals surface area contributed by atoms with Crippen LogP contribution in [0.1, 0.15) is 5.56 Å². The highest BCUT2D eigenvalue weighted by atomic mass is 35.5. The van der Waals surface area contributed by atoms with Crippen LogP contribution in [0.3, 0.4) is 0 Å². The largest absolute Gasteiger partial charge is 0.395 e. The van der Waals surface area contributed by atoms with Gasteiger partial charge in [-0.3, -0.25) is 15.1 Å². The van der Waals surface area contributed by atoms with E-state index in [0.29, 0.717) is 0 Å². The topological polar surface area (TPSA) is 109 Å². The Labute approximate surface area is 142 Å². The van der Waals surface area contributed by atoms with E-state index in [1.54, 1.807) is 18.5 Å². The molecule has 0 aliphatic heterocycles. The molecule has 2 N–H and O–H groups in total. The van der Waals surface area contributed by atoms with Crippen molar-refractivity contribution in [3.8, 4) is 0 Å². The summed E-state index contributed by atoms with van der Waals surface area (Å²) >= 11 is 5.96. The van der Waals surface area contributed by atoms with Crippen molar-refractivity contribution in [3.63, 3.8) is 0 Å². The van der Waals surface area contributed by atoms with E-state index in [2.05, 4.69) is 10.3 Å². The molecule has 0 unspecified atom stereocenters. The maximum atomic E-state index is 12.4. The molecule has 1 heterocycles. The summed E-state index contributed by atoms with van der Waals surface area (Å²) in [4.78, 5) is 27.9. The minimum atomic E-state index is -0.571. The third-order valence-corrected chi connectivity index (χ3v) is 3.47. The highest BCUT2D eigenvalue weighted by Crippen LogP contribution is 2.26. The van der Waals surface area contributed by atoms with E-state index in [-0.39, 0.29) is 36.1 Å². The Balaban J connectivity index is 2.11. The summed E-state index contributed by atoms with van der Waals surface area (Å²) in [6.45, 7) is 0.165. The number of benzene rings is 1. The second-order valence-corrected chi connectivity index (χ2v) is 5.27. The predicted octanol–water partition coefficient (Wildman–Crippen LogP) is 2.67. The Hall–Kier alpha value is -2.71. The molecule has 0 radical (unpaired) electrons. The lowest BCUT2D eigenvalue weighted by Crippen LogP contribution is -2.36. The number of urea groups is 1. The van der Waals surface area contributed by atoms with Crippen LogP contribution in [-0.2, 0) is 6.54 Å². The highest BCUT2D eigenvalue weighted by molar-refractivity contribution is 6.33. The number of rotatable bonds is 6. The van der Waals surface area contributed by atoms with Crippen LogP contribution in [0.15, 0.2) is 42.7 Å². The molecule has 1 aromatic carbocycles. The van der Waals surface area contributed by atoms with Crippen LogP contribution in [-0.4, -0.2) is 39.1 Å². The van der Waals surface area contributed by atoms with Gasteiger partial charge in [-0.2, -0.15) is 0 Å². The smallest absolute Gasteiger partial charge is 0.322 e. The molecule has 24 heavy (non-hydrogen) atoms. The normalized spacial score (nSPS) is 10.2. The number of hydrogen-bond donors (Lipinski definition) is 2. The number of aliphatic hydroxyl groups is 1. The van der Waals surface area contributed by atoms with Gasteiger partial charge in [0.2, 0.25) is 0 Å². The molecule has 1 aromatic heterocycles. The second-order valence-electron chi connectivity index (χ2n) is 4.86. The van der Waals surface area contributed by atoms with E-state index < -0.39 is 11.0 Å². The molecule has 2 amide bonds. The third kappa shape index (κ3) is 4.64. The number of nitrogens with zero attached hydrogens (tertiary/aromatic N) is 3. The average molecular weight is 351 g/mol. The SMILES string of the molecule is O=C(Nc1ccc([N+](=O)[O-])cc1Cl)N(CCO)Cc1cccnc1. The molecule has 2 aromatic rings. The predicted molar refractivity (Wildman–Crippen MR) is 88.9 cm³/mol. The van der Waals surface area contributed by atoms with Crippen LogP contribution in [0.5, 0.6) is 0 Å². The number of pyridine rings is 1. The molecular weight excluding hydrogens is 336 g/mol. The minimum absolute atomic E-state index is 0.0582. The zero-order valence-corrected chi connectivity index (χ0v) is 13.3. The Morgan fingerprint density at radius 1 is 1.42 bits per heavy atom. The summed E-state index contributed by atoms with van der Waals surface area (Å²) in [6.07, 6.45) is 3.24. The van der Waals surface area contributed by atoms with Gasteiger partial charge in [0.05, 0.1) is 22.2 Å². The zero-order valence-electron chi connectivity index (χ0n) is 12.6. The Morgan fingerprint density at radius 2 is 2.21 bits per heavy atom. The molecule has 2 rings (SSSR count). The number of non-ortho nitro benzene ring substituents is 1. The first-order chi connectivity index (χ1) is 11.5. The molecular formula is C15H15ClN4O4. The van der Waals surface area contributed by atoms with Gasteiger partial charge < -0.3 is 15.3 Å². The van der Waals surface area contributed by atoms with Gasteiger partial charge in [-0.15, -0.1) is 0 Å². The summed E-state index contributed by atoms with van der Waals surface area (Å²) in [5.41, 5.74) is 0.887. The number of carbonyl (C=O) groups is 1. The van der Waals surface area contributed by atoms with Crippen molar-refractivity contribution in [1.29, 1.82) is 0 Å². The average Bonchev–Trinajstić information content (AvgIpc) is 2.57. The molecule has 0 aliphatic rings. The van der Waals surface area contributed by atoms with Gasteiger partial charge >= 0.3 is 6.03 Å². The number of hydrogen-bond acceptors (Lipinski definition) is 5. The van der Waals surface area contributed by atoms with Crippen LogP contribution in [0, 0.1) is 10.1 Å². The molecule has 0 fully saturated rings. The van der Waals surface area contributed by atoms with Crippen LogP contribution >= 0.6 is 11.6 Å². The summed E-state index contributed by atoms with van der Waals surface area (Å²) in [7, 11) is 0. The quantitative estimate of drug-likeness (QED) is 0.615. The number of nitro benzene ring substituents is 1. The number of anilines is 1. The van der Waals surface area contributed by atoms with Crippen LogP contribution < -0.4 is 5.32 Å². The van der Waals surface area contributed by atoms with Crippen LogP contribution in [0.4, 0.5) is 16.2 Å². The molecule has 0 aliphatic carbocycles. The number of aliphatic hydroxyl groups excluding tert-OH is 1. The fourth-order valence-corrected chi connectivity index (χ4v) is 2.22. The summed E-state index contributed by atoms with van der Waals surface area (Å²) in [6, 6.07) is 6.84. The maximum absolute atomic E-state index is 12.4. The van der Waals surface area contributed by atoms with Gasteiger partial charge in [0.1, 0.15) is 0 Å². The van der Waals surface area contributed by atoms with Crippen molar-refractivity contribution < 1.29 is 14.8 Å². The molecule has 0 atom stereocenters. The van der Waals surface area contributed by atoms with Crippen molar-refractivity contribution in [3.05, 3.63) is 63.4 Å². The molecule has 0 bridgehead atoms. The maximum Gasteiger partial charge on any atom is 0.322 e. The fraction of sp³-hybridized carbons (Fsp3) is 0.200. The van der Waals surface area contributed by atoms with E-state index in [1.165, 1.54) is 17.0 Å². The lowest BCUT2D eigenvalue weighted by atomic mass is 10.2. The van der Waals surface area contributed by atoms with Crippen molar-refractivity contribution >= 4 is 29.0 Å². The molecule has 9 heteroatoms. The number of nitrogens with one attached hydrogen (secondary N) is 1. The monoisotopic (exact) mass is 350 g/mol. The summed E-state index contributed by atoms with van der Waals surface area (Å²) < 4.78 is 0. The van der Waals surface area contributed by atoms with Crippen molar-refractivity contribution in [2.75, 3.05) is 18.5 Å². The molecule has 0 saturated carbocycles. The first kappa shape index (κ1) is 17.6. The summed E-state index contributed by atoms with van der Waals surface area (Å²) in [5, 5.41) is 22.5. The number of halogens is 1. The van der Waals surface area contributed by atoms with E-state index >= 15 is 0 Å². The van der Waals surface area contributed by atoms with E-state index in [4.69, 9.17) is 16.7 Å². The van der Waals surface area contributed by atoms with Gasteiger partial charge in [-0.1, -0.05) is 17.7 Å². The number of nitro groups is 1. The van der Waals surface area contributed by atoms with Gasteiger partial charge in [0.25, 0.3) is 5.69 Å². The minimum Gasteiger partial charge on any atom is -0.395 e. The zero-order chi connectivity index (χ0) is 17.5. The highest BCUT2D eigenvalue weighted by Gasteiger charge is 2.16. The van der Waals surface area contributed by atoms with Crippen LogP contribution in [0.25, 0.3) is 0 Å². The lowest BCUT2D eigenvalue weighted by Gasteiger charge is -2.22. The molecule has 0 spiro atoms. The Bertz CT molecular complexity index is 727. The first-order valence-corrected chi connectivity index (χ1v) is 7.38. The van der Waals surface area contributed by atoms with Crippen molar-refractivity contribution in [1.82, 2.24) is 9.88 Å². The Morgan fingerprint density at radius 3 is 2.79 bits per heavy atom. The molecule has 0 saturated heterocycles. The fourth-order valence-electron chi connectivity index (χ4n) is 2.00. The third-order valence-electron chi connectivity index (χ3n) is 3.16. The Kier molecular flexibility index (Phi) is 6.05. The van der Waals surface area contributed by atoms with Crippen LogP contribution in [0.2, 0.25) is 5.02 Å². The standard InChI is InChI=1S/C15H15ClN4O4/c16-13-8-12(20(23)24)3-4-14(13)18-15(22)19(6-7-21)10-11-2-1-5-17-9-11/h1-5,8-9,21H,6-7,10H2,(H,18,22). The second kappa shape index (κ2) is 8.23. The number of amides is 2. The van der Waals surface area contributed by atoms with Gasteiger partial charge in [-0.05, 0) is 17.7 Å². The summed E-state index contributed by atoms with van der Waals surface area (Å²) in [5.74, 6) is 0. The number of carbonyl (C=O) groups excluding carboxylic acids is 1. The first-order valence-electron chi connectivity index (χ1n) is 7.01. The lowest BCUT2D eigenvalue weighted by molar-refractivity contribution is -0.384.